The van der Waals surface area contributed by atoms with Crippen molar-refractivity contribution < 1.29 is 28.7 Å². The third-order valence-corrected chi connectivity index (χ3v) is 13.6. The number of benzene rings is 5. The minimum Gasteiger partial charge on any atom is -0.453 e. The first-order chi connectivity index (χ1) is 30.5. The number of hydrogen-bond acceptors (Lipinski definition) is 9. The van der Waals surface area contributed by atoms with Crippen LogP contribution in [0.2, 0.25) is 0 Å². The second-order valence-corrected chi connectivity index (χ2v) is 17.8. The Balaban J connectivity index is 0.985. The van der Waals surface area contributed by atoms with E-state index in [4.69, 9.17) is 19.4 Å². The van der Waals surface area contributed by atoms with E-state index in [-0.39, 0.29) is 35.1 Å². The number of rotatable bonds is 10. The Morgan fingerprint density at radius 1 is 0.730 bits per heavy atom. The maximum Gasteiger partial charge on any atom is 0.407 e. The largest absolute Gasteiger partial charge is 0.453 e. The highest BCUT2D eigenvalue weighted by Crippen LogP contribution is 2.40. The van der Waals surface area contributed by atoms with Gasteiger partial charge in [0.1, 0.15) is 23.7 Å². The van der Waals surface area contributed by atoms with Crippen molar-refractivity contribution in [3.05, 3.63) is 108 Å². The van der Waals surface area contributed by atoms with Gasteiger partial charge in [0.05, 0.1) is 48.4 Å². The number of ether oxygens (including phenoxy) is 2. The van der Waals surface area contributed by atoms with E-state index in [1.165, 1.54) is 14.2 Å². The SMILES string of the molecule is COC(=O)N[C@H](C(=O)N1CCCC1c1nc2ccc3cc(-c4ccc5c(ccc6nc([C@@H]7C[C@H](SC)CN7C(=O)[C@H](NC(=O)OC)c7ccccc7)[nH]c65)c4)ccc3c2[nH]1)C(C)C. The molecule has 0 spiro atoms. The summed E-state index contributed by atoms with van der Waals surface area (Å²) in [5, 5.41) is 9.84. The van der Waals surface area contributed by atoms with Crippen molar-refractivity contribution in [1.82, 2.24) is 40.4 Å². The van der Waals surface area contributed by atoms with Gasteiger partial charge in [0.2, 0.25) is 5.91 Å². The number of likely N-dealkylation sites (tertiary alicyclic amines) is 2. The summed E-state index contributed by atoms with van der Waals surface area (Å²) in [6, 6.07) is 28.1. The van der Waals surface area contributed by atoms with Gasteiger partial charge in [-0.25, -0.2) is 19.6 Å². The summed E-state index contributed by atoms with van der Waals surface area (Å²) in [6.07, 6.45) is 3.08. The van der Waals surface area contributed by atoms with Crippen LogP contribution in [0, 0.1) is 5.92 Å². The molecule has 0 bridgehead atoms. The molecular formula is C48H50N8O6S. The summed E-state index contributed by atoms with van der Waals surface area (Å²) in [5.74, 6) is 0.969. The van der Waals surface area contributed by atoms with Crippen molar-refractivity contribution in [2.75, 3.05) is 33.6 Å². The van der Waals surface area contributed by atoms with E-state index in [0.717, 1.165) is 79.8 Å². The number of aromatic amines is 2. The highest BCUT2D eigenvalue weighted by Gasteiger charge is 2.41. The zero-order valence-corrected chi connectivity index (χ0v) is 36.6. The predicted molar refractivity (Wildman–Crippen MR) is 245 cm³/mol. The number of aromatic nitrogens is 4. The molecule has 2 saturated heterocycles. The molecule has 2 aliphatic heterocycles. The van der Waals surface area contributed by atoms with Crippen LogP contribution in [0.25, 0.3) is 54.7 Å². The minimum atomic E-state index is -0.912. The van der Waals surface area contributed by atoms with E-state index >= 15 is 0 Å². The minimum absolute atomic E-state index is 0.118. The number of H-pyrrole nitrogens is 2. The van der Waals surface area contributed by atoms with Crippen molar-refractivity contribution in [2.24, 2.45) is 5.92 Å². The third kappa shape index (κ3) is 7.90. The number of thioether (sulfide) groups is 1. The van der Waals surface area contributed by atoms with Crippen molar-refractivity contribution in [3.8, 4) is 11.1 Å². The topological polar surface area (TPSA) is 175 Å². The van der Waals surface area contributed by atoms with E-state index in [0.29, 0.717) is 24.5 Å². The second-order valence-electron chi connectivity index (χ2n) is 16.7. The molecule has 2 aromatic heterocycles. The number of hydrogen-bond donors (Lipinski definition) is 4. The van der Waals surface area contributed by atoms with Crippen LogP contribution in [0.5, 0.6) is 0 Å². The number of amides is 4. The van der Waals surface area contributed by atoms with Crippen LogP contribution in [0.4, 0.5) is 9.59 Å². The molecule has 9 rings (SSSR count). The van der Waals surface area contributed by atoms with E-state index in [9.17, 15) is 19.2 Å². The molecule has 0 saturated carbocycles. The quantitative estimate of drug-likeness (QED) is 0.105. The fourth-order valence-electron chi connectivity index (χ4n) is 9.27. The van der Waals surface area contributed by atoms with Crippen molar-refractivity contribution >= 4 is 79.4 Å². The fourth-order valence-corrected chi connectivity index (χ4v) is 9.96. The van der Waals surface area contributed by atoms with Gasteiger partial charge in [-0.2, -0.15) is 11.8 Å². The lowest BCUT2D eigenvalue weighted by atomic mass is 9.98. The zero-order chi connectivity index (χ0) is 43.9. The van der Waals surface area contributed by atoms with Gasteiger partial charge < -0.3 is 39.9 Å². The number of alkyl carbamates (subject to hydrolysis) is 2. The molecule has 4 N–H and O–H groups in total. The normalized spacial score (nSPS) is 18.7. The summed E-state index contributed by atoms with van der Waals surface area (Å²) in [4.78, 5) is 73.4. The summed E-state index contributed by atoms with van der Waals surface area (Å²) in [6.45, 7) is 4.92. The highest BCUT2D eigenvalue weighted by atomic mass is 32.2. The smallest absolute Gasteiger partial charge is 0.407 e. The van der Waals surface area contributed by atoms with Gasteiger partial charge >= 0.3 is 12.2 Å². The zero-order valence-electron chi connectivity index (χ0n) is 35.8. The molecule has 4 amide bonds. The van der Waals surface area contributed by atoms with Gasteiger partial charge in [-0.1, -0.05) is 80.6 Å². The Morgan fingerprint density at radius 3 is 1.89 bits per heavy atom. The number of methoxy groups -OCH3 is 2. The predicted octanol–water partition coefficient (Wildman–Crippen LogP) is 8.56. The number of nitrogens with zero attached hydrogens (tertiary/aromatic N) is 4. The Morgan fingerprint density at radius 2 is 1.32 bits per heavy atom. The van der Waals surface area contributed by atoms with Gasteiger partial charge in [-0.3, -0.25) is 9.59 Å². The molecular weight excluding hydrogens is 817 g/mol. The molecule has 63 heavy (non-hydrogen) atoms. The molecule has 2 aliphatic rings. The summed E-state index contributed by atoms with van der Waals surface area (Å²) < 4.78 is 9.70. The summed E-state index contributed by atoms with van der Waals surface area (Å²) in [7, 11) is 2.58. The molecule has 15 heteroatoms. The molecule has 4 heterocycles. The number of carbonyl (C=O) groups is 4. The first-order valence-electron chi connectivity index (χ1n) is 21.3. The molecule has 1 unspecified atom stereocenters. The average molecular weight is 867 g/mol. The van der Waals surface area contributed by atoms with Gasteiger partial charge in [0, 0.05) is 29.1 Å². The fraction of sp³-hybridized carbons (Fsp3) is 0.333. The Bertz CT molecular complexity index is 2880. The third-order valence-electron chi connectivity index (χ3n) is 12.6. The Kier molecular flexibility index (Phi) is 11.4. The lowest BCUT2D eigenvalue weighted by Crippen LogP contribution is -2.51. The van der Waals surface area contributed by atoms with Crippen LogP contribution in [0.15, 0.2) is 91.0 Å². The average Bonchev–Trinajstić information content (AvgIpc) is 4.14. The standard InChI is InChI=1S/C48H50N8O6S/c1-26(2)39(53-47(59)61-3)45(57)55-21-9-12-37(55)43-49-35-19-15-30-22-28(13-17-33(30)41(35)51-43)29-14-18-34-31(23-29)16-20-36-42(34)52-44(50-36)38-24-32(63-5)25-56(38)46(58)40(54-48(60)62-4)27-10-7-6-8-11-27/h6-8,10-11,13-20,22-23,26,32,37-40H,9,12,21,24-25H2,1-5H3,(H,49,51)(H,50,52)(H,53,59)(H,54,60)/t32-,37?,38-,39-,40+/m0/s1. The van der Waals surface area contributed by atoms with E-state index < -0.39 is 24.3 Å². The number of carbonyl (C=O) groups excluding carboxylic acids is 4. The van der Waals surface area contributed by atoms with Crippen molar-refractivity contribution in [2.45, 2.75) is 62.5 Å². The van der Waals surface area contributed by atoms with Crippen LogP contribution in [-0.4, -0.2) is 98.6 Å². The van der Waals surface area contributed by atoms with Gasteiger partial charge in [0.15, 0.2) is 0 Å². The van der Waals surface area contributed by atoms with Crippen LogP contribution >= 0.6 is 11.8 Å². The van der Waals surface area contributed by atoms with Crippen LogP contribution in [0.3, 0.4) is 0 Å². The maximum atomic E-state index is 14.3. The highest BCUT2D eigenvalue weighted by molar-refractivity contribution is 7.99. The molecule has 14 nitrogen and oxygen atoms in total. The van der Waals surface area contributed by atoms with Crippen LogP contribution in [-0.2, 0) is 19.1 Å². The number of imidazole rings is 2. The molecule has 5 aromatic carbocycles. The van der Waals surface area contributed by atoms with Gasteiger partial charge in [0.25, 0.3) is 5.91 Å². The van der Waals surface area contributed by atoms with Gasteiger partial charge in [-0.15, -0.1) is 0 Å². The lowest BCUT2D eigenvalue weighted by molar-refractivity contribution is -0.135. The number of nitrogens with one attached hydrogen (secondary N) is 4. The Hall–Kier alpha value is -6.61. The van der Waals surface area contributed by atoms with Gasteiger partial charge in [-0.05, 0) is 83.2 Å². The maximum absolute atomic E-state index is 14.3. The molecule has 0 radical (unpaired) electrons. The second kappa shape index (κ2) is 17.3. The lowest BCUT2D eigenvalue weighted by Gasteiger charge is -2.29. The van der Waals surface area contributed by atoms with E-state index in [1.807, 2.05) is 66.1 Å². The first-order valence-corrected chi connectivity index (χ1v) is 22.6. The van der Waals surface area contributed by atoms with Crippen LogP contribution in [0.1, 0.15) is 68.4 Å². The first kappa shape index (κ1) is 41.7. The van der Waals surface area contributed by atoms with Crippen LogP contribution < -0.4 is 10.6 Å². The van der Waals surface area contributed by atoms with Crippen molar-refractivity contribution in [1.29, 1.82) is 0 Å². The van der Waals surface area contributed by atoms with Crippen molar-refractivity contribution in [3.63, 3.8) is 0 Å². The Labute approximate surface area is 368 Å². The molecule has 0 aliphatic carbocycles. The number of fused-ring (bicyclic) bond motifs is 6. The van der Waals surface area contributed by atoms with E-state index in [1.54, 1.807) is 11.8 Å². The molecule has 7 aromatic rings. The molecule has 5 atom stereocenters. The van der Waals surface area contributed by atoms with E-state index in [2.05, 4.69) is 75.4 Å². The summed E-state index contributed by atoms with van der Waals surface area (Å²) >= 11 is 1.72. The molecule has 2 fully saturated rings. The molecule has 324 valence electrons. The monoisotopic (exact) mass is 866 g/mol. The summed E-state index contributed by atoms with van der Waals surface area (Å²) in [5.41, 5.74) is 6.27.